The minimum absolute atomic E-state index is 0. The van der Waals surface area contributed by atoms with E-state index in [1.165, 1.54) is 0 Å². The summed E-state index contributed by atoms with van der Waals surface area (Å²) in [5, 5.41) is 0. The second kappa shape index (κ2) is 8.97. The molecule has 0 aliphatic carbocycles. The summed E-state index contributed by atoms with van der Waals surface area (Å²) in [7, 11) is 1.99. The molecule has 1 saturated heterocycles. The van der Waals surface area contributed by atoms with Gasteiger partial charge in [0.25, 0.3) is 0 Å². The van der Waals surface area contributed by atoms with Gasteiger partial charge in [-0.1, -0.05) is 0 Å². The molecule has 1 aliphatic heterocycles. The summed E-state index contributed by atoms with van der Waals surface area (Å²) >= 11 is 0. The summed E-state index contributed by atoms with van der Waals surface area (Å²) in [6, 6.07) is 0.418. The second-order valence-corrected chi connectivity index (χ2v) is 4.74. The van der Waals surface area contributed by atoms with Crippen LogP contribution in [0.3, 0.4) is 0 Å². The van der Waals surface area contributed by atoms with E-state index in [-0.39, 0.29) is 30.7 Å². The molecule has 0 aromatic rings. The van der Waals surface area contributed by atoms with Crippen LogP contribution in [0.5, 0.6) is 0 Å². The zero-order chi connectivity index (χ0) is 11.4. The first kappa shape index (κ1) is 19.3. The number of carbonyl (C=O) groups is 1. The monoisotopic (exact) mass is 285 g/mol. The zero-order valence-corrected chi connectivity index (χ0v) is 12.5. The molecular formula is C11H25Cl2N3O. The lowest BCUT2D eigenvalue weighted by Crippen LogP contribution is -2.40. The van der Waals surface area contributed by atoms with Crippen molar-refractivity contribution >= 4 is 30.7 Å². The number of hydrogen-bond donors (Lipinski definition) is 1. The summed E-state index contributed by atoms with van der Waals surface area (Å²) in [5.74, 6) is 0.750. The van der Waals surface area contributed by atoms with Gasteiger partial charge in [-0.15, -0.1) is 24.8 Å². The molecule has 1 rings (SSSR count). The number of likely N-dealkylation sites (N-methyl/N-ethyl adjacent to an activating group) is 1. The number of hydrogen-bond acceptors (Lipinski definition) is 3. The Bertz CT molecular complexity index is 227. The molecule has 1 unspecified atom stereocenters. The predicted molar refractivity (Wildman–Crippen MR) is 76.0 cm³/mol. The third-order valence-electron chi connectivity index (χ3n) is 3.24. The van der Waals surface area contributed by atoms with Gasteiger partial charge >= 0.3 is 0 Å². The molecule has 1 fully saturated rings. The standard InChI is InChI=1S/C11H23N3O.2ClH/c1-9(2)13(3)8-11(15)14-5-4-10(6-12)7-14;;/h9-10H,4-8,12H2,1-3H3;2*1H. The summed E-state index contributed by atoms with van der Waals surface area (Å²) < 4.78 is 0. The lowest BCUT2D eigenvalue weighted by molar-refractivity contribution is -0.131. The highest BCUT2D eigenvalue weighted by Gasteiger charge is 2.25. The molecule has 4 nitrogen and oxygen atoms in total. The number of nitrogens with two attached hydrogens (primary N) is 1. The van der Waals surface area contributed by atoms with E-state index in [1.54, 1.807) is 0 Å². The van der Waals surface area contributed by atoms with Crippen LogP contribution in [0, 0.1) is 5.92 Å². The Kier molecular flexibility index (Phi) is 10.2. The van der Waals surface area contributed by atoms with E-state index in [4.69, 9.17) is 5.73 Å². The first-order chi connectivity index (χ1) is 7.04. The highest BCUT2D eigenvalue weighted by molar-refractivity contribution is 5.85. The molecule has 104 valence electrons. The van der Waals surface area contributed by atoms with Gasteiger partial charge in [-0.05, 0) is 39.8 Å². The van der Waals surface area contributed by atoms with Crippen LogP contribution in [0.1, 0.15) is 20.3 Å². The number of nitrogens with zero attached hydrogens (tertiary/aromatic N) is 2. The van der Waals surface area contributed by atoms with Gasteiger partial charge in [0, 0.05) is 19.1 Å². The van der Waals surface area contributed by atoms with E-state index in [2.05, 4.69) is 18.7 Å². The van der Waals surface area contributed by atoms with Gasteiger partial charge in [0.2, 0.25) is 5.91 Å². The average Bonchev–Trinajstić information content (AvgIpc) is 2.65. The molecule has 2 N–H and O–H groups in total. The Morgan fingerprint density at radius 3 is 2.47 bits per heavy atom. The van der Waals surface area contributed by atoms with Crippen molar-refractivity contribution < 1.29 is 4.79 Å². The van der Waals surface area contributed by atoms with Crippen molar-refractivity contribution in [3.63, 3.8) is 0 Å². The number of likely N-dealkylation sites (tertiary alicyclic amines) is 1. The van der Waals surface area contributed by atoms with Crippen molar-refractivity contribution in [3.05, 3.63) is 0 Å². The number of carbonyl (C=O) groups excluding carboxylic acids is 1. The Hall–Kier alpha value is -0.0300. The Labute approximate surface area is 117 Å². The maximum absolute atomic E-state index is 11.9. The molecule has 1 atom stereocenters. The average molecular weight is 286 g/mol. The highest BCUT2D eigenvalue weighted by atomic mass is 35.5. The molecule has 0 aromatic heterocycles. The maximum atomic E-state index is 11.9. The molecular weight excluding hydrogens is 261 g/mol. The van der Waals surface area contributed by atoms with Crippen LogP contribution < -0.4 is 5.73 Å². The van der Waals surface area contributed by atoms with Gasteiger partial charge < -0.3 is 10.6 Å². The fourth-order valence-electron chi connectivity index (χ4n) is 1.75. The quantitative estimate of drug-likeness (QED) is 0.838. The highest BCUT2D eigenvalue weighted by Crippen LogP contribution is 2.15. The lowest BCUT2D eigenvalue weighted by Gasteiger charge is -2.24. The zero-order valence-electron chi connectivity index (χ0n) is 10.9. The summed E-state index contributed by atoms with van der Waals surface area (Å²) in [6.45, 7) is 7.15. The Balaban J connectivity index is 0. The Morgan fingerprint density at radius 2 is 2.06 bits per heavy atom. The summed E-state index contributed by atoms with van der Waals surface area (Å²) in [6.07, 6.45) is 1.06. The fraction of sp³-hybridized carbons (Fsp3) is 0.909. The molecule has 0 spiro atoms. The largest absolute Gasteiger partial charge is 0.341 e. The molecule has 17 heavy (non-hydrogen) atoms. The van der Waals surface area contributed by atoms with Gasteiger partial charge in [0.05, 0.1) is 6.54 Å². The van der Waals surface area contributed by atoms with Crippen LogP contribution in [0.2, 0.25) is 0 Å². The smallest absolute Gasteiger partial charge is 0.236 e. The van der Waals surface area contributed by atoms with Crippen LogP contribution in [-0.4, -0.2) is 55.0 Å². The minimum Gasteiger partial charge on any atom is -0.341 e. The summed E-state index contributed by atoms with van der Waals surface area (Å²) in [4.78, 5) is 15.9. The van der Waals surface area contributed by atoms with Crippen LogP contribution >= 0.6 is 24.8 Å². The molecule has 0 radical (unpaired) electrons. The lowest BCUT2D eigenvalue weighted by atomic mass is 10.1. The topological polar surface area (TPSA) is 49.6 Å². The second-order valence-electron chi connectivity index (χ2n) is 4.74. The van der Waals surface area contributed by atoms with E-state index < -0.39 is 0 Å². The van der Waals surface area contributed by atoms with Gasteiger partial charge in [-0.25, -0.2) is 0 Å². The number of halogens is 2. The molecule has 1 heterocycles. The summed E-state index contributed by atoms with van der Waals surface area (Å²) in [5.41, 5.74) is 5.60. The predicted octanol–water partition coefficient (Wildman–Crippen LogP) is 0.977. The van der Waals surface area contributed by atoms with E-state index in [9.17, 15) is 4.79 Å². The van der Waals surface area contributed by atoms with Crippen molar-refractivity contribution in [2.75, 3.05) is 33.2 Å². The van der Waals surface area contributed by atoms with E-state index >= 15 is 0 Å². The Morgan fingerprint density at radius 1 is 1.47 bits per heavy atom. The van der Waals surface area contributed by atoms with E-state index in [0.29, 0.717) is 25.0 Å². The van der Waals surface area contributed by atoms with Crippen molar-refractivity contribution in [1.82, 2.24) is 9.80 Å². The van der Waals surface area contributed by atoms with Crippen LogP contribution in [0.15, 0.2) is 0 Å². The molecule has 0 aromatic carbocycles. The number of amides is 1. The normalized spacial score (nSPS) is 19.2. The molecule has 6 heteroatoms. The van der Waals surface area contributed by atoms with Gasteiger partial charge in [-0.3, -0.25) is 9.69 Å². The third kappa shape index (κ3) is 5.91. The molecule has 0 bridgehead atoms. The van der Waals surface area contributed by atoms with Crippen molar-refractivity contribution in [1.29, 1.82) is 0 Å². The van der Waals surface area contributed by atoms with Gasteiger partial charge in [-0.2, -0.15) is 0 Å². The fourth-order valence-corrected chi connectivity index (χ4v) is 1.75. The van der Waals surface area contributed by atoms with Crippen LogP contribution in [0.25, 0.3) is 0 Å². The van der Waals surface area contributed by atoms with Crippen molar-refractivity contribution in [3.8, 4) is 0 Å². The van der Waals surface area contributed by atoms with E-state index in [0.717, 1.165) is 19.5 Å². The third-order valence-corrected chi connectivity index (χ3v) is 3.24. The van der Waals surface area contributed by atoms with Crippen LogP contribution in [0.4, 0.5) is 0 Å². The molecule has 1 amide bonds. The van der Waals surface area contributed by atoms with Crippen molar-refractivity contribution in [2.45, 2.75) is 26.3 Å². The first-order valence-electron chi connectivity index (χ1n) is 5.72. The maximum Gasteiger partial charge on any atom is 0.236 e. The number of rotatable bonds is 4. The van der Waals surface area contributed by atoms with Gasteiger partial charge in [0.15, 0.2) is 0 Å². The minimum atomic E-state index is 0. The van der Waals surface area contributed by atoms with E-state index in [1.807, 2.05) is 11.9 Å². The first-order valence-corrected chi connectivity index (χ1v) is 5.72. The SMILES string of the molecule is CC(C)N(C)CC(=O)N1CCC(CN)C1.Cl.Cl. The van der Waals surface area contributed by atoms with Crippen LogP contribution in [-0.2, 0) is 4.79 Å². The molecule has 1 aliphatic rings. The van der Waals surface area contributed by atoms with Crippen molar-refractivity contribution in [2.24, 2.45) is 11.7 Å². The molecule has 0 saturated carbocycles. The van der Waals surface area contributed by atoms with Gasteiger partial charge in [0.1, 0.15) is 0 Å².